The molecule has 0 aliphatic heterocycles. The Morgan fingerprint density at radius 3 is 1.53 bits per heavy atom. The van der Waals surface area contributed by atoms with Gasteiger partial charge in [-0.25, -0.2) is 0 Å². The van der Waals surface area contributed by atoms with E-state index in [2.05, 4.69) is 17.6 Å². The number of halogens is 1. The maximum atomic E-state index is 11.8. The summed E-state index contributed by atoms with van der Waals surface area (Å²) in [6.07, 6.45) is 18.0. The van der Waals surface area contributed by atoms with Crippen LogP contribution in [0.4, 0.5) is 0 Å². The fourth-order valence-electron chi connectivity index (χ4n) is 3.43. The number of unbranched alkanes of at least 4 members (excludes halogenated alkanes) is 12. The summed E-state index contributed by atoms with van der Waals surface area (Å²) in [7, 11) is 0. The molecule has 0 saturated carbocycles. The van der Waals surface area contributed by atoms with Gasteiger partial charge in [-0.05, 0) is 6.42 Å². The molecule has 0 unspecified atom stereocenters. The Morgan fingerprint density at radius 2 is 1.03 bits per heavy atom. The Labute approximate surface area is 201 Å². The monoisotopic (exact) mass is 476 g/mol. The molecule has 2 amide bonds. The first-order chi connectivity index (χ1) is 15.7. The lowest BCUT2D eigenvalue weighted by atomic mass is 10.0. The van der Waals surface area contributed by atoms with E-state index in [1.165, 1.54) is 70.6 Å². The zero-order chi connectivity index (χ0) is 23.5. The van der Waals surface area contributed by atoms with Crippen molar-refractivity contribution in [2.75, 3.05) is 45.4 Å². The van der Waals surface area contributed by atoms with Gasteiger partial charge in [0.1, 0.15) is 0 Å². The van der Waals surface area contributed by atoms with E-state index in [0.717, 1.165) is 12.8 Å². The van der Waals surface area contributed by atoms with E-state index in [4.69, 9.17) is 21.1 Å². The van der Waals surface area contributed by atoms with Crippen molar-refractivity contribution in [1.29, 1.82) is 0 Å². The van der Waals surface area contributed by atoms with Crippen molar-refractivity contribution >= 4 is 23.4 Å². The van der Waals surface area contributed by atoms with Crippen LogP contribution in [0.15, 0.2) is 0 Å². The van der Waals surface area contributed by atoms with Gasteiger partial charge in [-0.1, -0.05) is 84.0 Å². The highest BCUT2D eigenvalue weighted by molar-refractivity contribution is 6.17. The van der Waals surface area contributed by atoms with E-state index < -0.39 is 0 Å². The predicted molar refractivity (Wildman–Crippen MR) is 133 cm³/mol. The van der Waals surface area contributed by atoms with E-state index in [9.17, 15) is 9.59 Å². The summed E-state index contributed by atoms with van der Waals surface area (Å²) in [6.45, 7) is 4.97. The molecule has 0 aromatic heterocycles. The summed E-state index contributed by atoms with van der Waals surface area (Å²) in [5.74, 6) is 0.474. The molecular weight excluding hydrogens is 428 g/mol. The number of carbonyl (C=O) groups is 2. The highest BCUT2D eigenvalue weighted by Gasteiger charge is 2.02. The first kappa shape index (κ1) is 31.1. The van der Waals surface area contributed by atoms with E-state index in [-0.39, 0.29) is 11.8 Å². The molecule has 0 atom stereocenters. The maximum Gasteiger partial charge on any atom is 0.222 e. The minimum Gasteiger partial charge on any atom is -0.380 e. The standard InChI is InChI=1S/C25H49ClN2O4/c1-2-3-4-5-6-7-8-9-10-11-12-13-14-15-24(29)27-18-22-32-23-19-28-25(30)16-20-31-21-17-26/h2-23H2,1H3,(H,27,29)(H,28,30). The summed E-state index contributed by atoms with van der Waals surface area (Å²) < 4.78 is 10.6. The van der Waals surface area contributed by atoms with E-state index in [1.54, 1.807) is 0 Å². The minimum atomic E-state index is -0.0609. The number of ether oxygens (including phenoxy) is 2. The molecule has 0 aliphatic carbocycles. The smallest absolute Gasteiger partial charge is 0.222 e. The first-order valence-corrected chi connectivity index (χ1v) is 13.5. The molecule has 190 valence electrons. The van der Waals surface area contributed by atoms with Crippen molar-refractivity contribution in [3.63, 3.8) is 0 Å². The van der Waals surface area contributed by atoms with Crippen molar-refractivity contribution < 1.29 is 19.1 Å². The zero-order valence-corrected chi connectivity index (χ0v) is 21.3. The van der Waals surface area contributed by atoms with Gasteiger partial charge in [-0.2, -0.15) is 0 Å². The summed E-state index contributed by atoms with van der Waals surface area (Å²) in [5.41, 5.74) is 0. The normalized spacial score (nSPS) is 10.9. The summed E-state index contributed by atoms with van der Waals surface area (Å²) >= 11 is 5.49. The summed E-state index contributed by atoms with van der Waals surface area (Å²) in [4.78, 5) is 23.3. The highest BCUT2D eigenvalue weighted by atomic mass is 35.5. The van der Waals surface area contributed by atoms with Crippen LogP contribution in [0.3, 0.4) is 0 Å². The molecular formula is C25H49ClN2O4. The van der Waals surface area contributed by atoms with Crippen molar-refractivity contribution in [1.82, 2.24) is 10.6 Å². The average molecular weight is 477 g/mol. The van der Waals surface area contributed by atoms with Gasteiger partial charge in [-0.3, -0.25) is 9.59 Å². The van der Waals surface area contributed by atoms with E-state index in [1.807, 2.05) is 0 Å². The molecule has 0 aliphatic rings. The van der Waals surface area contributed by atoms with Crippen LogP contribution in [0.25, 0.3) is 0 Å². The lowest BCUT2D eigenvalue weighted by Crippen LogP contribution is -2.30. The van der Waals surface area contributed by atoms with Crippen molar-refractivity contribution in [3.05, 3.63) is 0 Å². The van der Waals surface area contributed by atoms with Crippen LogP contribution < -0.4 is 10.6 Å². The summed E-state index contributed by atoms with van der Waals surface area (Å²) in [5, 5.41) is 5.65. The maximum absolute atomic E-state index is 11.8. The van der Waals surface area contributed by atoms with Crippen LogP contribution in [0, 0.1) is 0 Å². The molecule has 0 fully saturated rings. The first-order valence-electron chi connectivity index (χ1n) is 13.0. The van der Waals surface area contributed by atoms with E-state index >= 15 is 0 Å². The molecule has 7 heteroatoms. The van der Waals surface area contributed by atoms with Crippen molar-refractivity contribution in [3.8, 4) is 0 Å². The van der Waals surface area contributed by atoms with Gasteiger partial charge < -0.3 is 20.1 Å². The second-order valence-electron chi connectivity index (χ2n) is 8.36. The van der Waals surface area contributed by atoms with Gasteiger partial charge in [0.05, 0.1) is 26.4 Å². The number of nitrogens with one attached hydrogen (secondary N) is 2. The molecule has 0 aromatic rings. The molecule has 0 aromatic carbocycles. The number of rotatable bonds is 25. The van der Waals surface area contributed by atoms with Gasteiger partial charge in [0.2, 0.25) is 11.8 Å². The molecule has 0 rings (SSSR count). The SMILES string of the molecule is CCCCCCCCCCCCCCCC(=O)NCCOCCNC(=O)CCOCCCl. The molecule has 2 N–H and O–H groups in total. The molecule has 6 nitrogen and oxygen atoms in total. The Balaban J connectivity index is 3.23. The topological polar surface area (TPSA) is 76.7 Å². The largest absolute Gasteiger partial charge is 0.380 e. The Kier molecular flexibility index (Phi) is 25.7. The average Bonchev–Trinajstić information content (AvgIpc) is 2.79. The van der Waals surface area contributed by atoms with Crippen LogP contribution in [0.2, 0.25) is 0 Å². The third-order valence-corrected chi connectivity index (χ3v) is 5.49. The number of carbonyl (C=O) groups excluding carboxylic acids is 2. The molecule has 0 saturated heterocycles. The minimum absolute atomic E-state index is 0.0609. The van der Waals surface area contributed by atoms with Crippen LogP contribution in [0.1, 0.15) is 103 Å². The second kappa shape index (κ2) is 26.4. The predicted octanol–water partition coefficient (Wildman–Crippen LogP) is 5.36. The molecule has 0 heterocycles. The van der Waals surface area contributed by atoms with Crippen LogP contribution >= 0.6 is 11.6 Å². The molecule has 32 heavy (non-hydrogen) atoms. The molecule has 0 radical (unpaired) electrons. The van der Waals surface area contributed by atoms with Gasteiger partial charge in [0, 0.05) is 31.8 Å². The highest BCUT2D eigenvalue weighted by Crippen LogP contribution is 2.12. The fraction of sp³-hybridized carbons (Fsp3) is 0.920. The Morgan fingerprint density at radius 1 is 0.594 bits per heavy atom. The van der Waals surface area contributed by atoms with Crippen molar-refractivity contribution in [2.24, 2.45) is 0 Å². The van der Waals surface area contributed by atoms with Crippen LogP contribution in [0.5, 0.6) is 0 Å². The van der Waals surface area contributed by atoms with Gasteiger partial charge in [-0.15, -0.1) is 11.6 Å². The van der Waals surface area contributed by atoms with Crippen LogP contribution in [-0.4, -0.2) is 57.2 Å². The molecule has 0 bridgehead atoms. The lowest BCUT2D eigenvalue weighted by molar-refractivity contribution is -0.122. The quantitative estimate of drug-likeness (QED) is 0.137. The number of hydrogen-bond acceptors (Lipinski definition) is 4. The van der Waals surface area contributed by atoms with Gasteiger partial charge in [0.25, 0.3) is 0 Å². The number of hydrogen-bond donors (Lipinski definition) is 2. The molecule has 0 spiro atoms. The van der Waals surface area contributed by atoms with Gasteiger partial charge >= 0.3 is 0 Å². The number of amides is 2. The second-order valence-corrected chi connectivity index (χ2v) is 8.73. The lowest BCUT2D eigenvalue weighted by Gasteiger charge is -2.08. The summed E-state index contributed by atoms with van der Waals surface area (Å²) in [6, 6.07) is 0. The third kappa shape index (κ3) is 25.4. The van der Waals surface area contributed by atoms with E-state index in [0.29, 0.717) is 58.2 Å². The Hall–Kier alpha value is -0.850. The number of alkyl halides is 1. The fourth-order valence-corrected chi connectivity index (χ4v) is 3.54. The zero-order valence-electron chi connectivity index (χ0n) is 20.6. The van der Waals surface area contributed by atoms with Crippen molar-refractivity contribution in [2.45, 2.75) is 103 Å². The third-order valence-electron chi connectivity index (χ3n) is 5.34. The van der Waals surface area contributed by atoms with Gasteiger partial charge in [0.15, 0.2) is 0 Å². The van der Waals surface area contributed by atoms with Crippen LogP contribution in [-0.2, 0) is 19.1 Å². The Bertz CT molecular complexity index is 425.